The van der Waals surface area contributed by atoms with Crippen LogP contribution in [0.3, 0.4) is 0 Å². The van der Waals surface area contributed by atoms with Gasteiger partial charge in [-0.2, -0.15) is 0 Å². The molecule has 0 spiro atoms. The average Bonchev–Trinajstić information content (AvgIpc) is 3.11. The first-order valence-corrected chi connectivity index (χ1v) is 7.02. The monoisotopic (exact) mass is 260 g/mol. The van der Waals surface area contributed by atoms with E-state index in [4.69, 9.17) is 0 Å². The number of aromatic nitrogens is 1. The molecule has 19 heavy (non-hydrogen) atoms. The van der Waals surface area contributed by atoms with Crippen molar-refractivity contribution < 1.29 is 4.79 Å². The zero-order valence-electron chi connectivity index (χ0n) is 11.0. The summed E-state index contributed by atoms with van der Waals surface area (Å²) in [6, 6.07) is 6.20. The normalized spacial score (nSPS) is 26.6. The molecule has 2 saturated heterocycles. The summed E-state index contributed by atoms with van der Waals surface area (Å²) in [4.78, 5) is 18.6. The van der Waals surface area contributed by atoms with Crippen LogP contribution in [0.5, 0.6) is 0 Å². The average molecular weight is 260 g/mol. The van der Waals surface area contributed by atoms with Gasteiger partial charge in [-0.3, -0.25) is 4.79 Å². The number of hydrogen-bond acceptors (Lipinski definition) is 4. The van der Waals surface area contributed by atoms with Crippen LogP contribution >= 0.6 is 0 Å². The van der Waals surface area contributed by atoms with Gasteiger partial charge in [0, 0.05) is 25.3 Å². The largest absolute Gasteiger partial charge is 0.354 e. The van der Waals surface area contributed by atoms with E-state index < -0.39 is 0 Å². The number of nitrogens with one attached hydrogen (secondary N) is 2. The Labute approximate surface area is 113 Å². The smallest absolute Gasteiger partial charge is 0.237 e. The van der Waals surface area contributed by atoms with Gasteiger partial charge in [-0.1, -0.05) is 6.07 Å². The maximum Gasteiger partial charge on any atom is 0.237 e. The van der Waals surface area contributed by atoms with Crippen LogP contribution in [0, 0.1) is 0 Å². The summed E-state index contributed by atoms with van der Waals surface area (Å²) in [7, 11) is 0. The van der Waals surface area contributed by atoms with E-state index in [9.17, 15) is 4.79 Å². The molecular formula is C14H20N4O. The number of nitrogens with zero attached hydrogens (tertiary/aromatic N) is 2. The summed E-state index contributed by atoms with van der Waals surface area (Å²) in [5.74, 6) is 1.16. The second-order valence-electron chi connectivity index (χ2n) is 5.28. The van der Waals surface area contributed by atoms with E-state index in [0.29, 0.717) is 0 Å². The summed E-state index contributed by atoms with van der Waals surface area (Å²) in [6.07, 6.45) is 4.87. The lowest BCUT2D eigenvalue weighted by Gasteiger charge is -2.19. The highest BCUT2D eigenvalue weighted by Crippen LogP contribution is 2.17. The molecule has 5 heteroatoms. The Balaban J connectivity index is 1.53. The van der Waals surface area contributed by atoms with Crippen molar-refractivity contribution in [2.45, 2.75) is 31.3 Å². The zero-order valence-corrected chi connectivity index (χ0v) is 11.0. The van der Waals surface area contributed by atoms with Crippen molar-refractivity contribution in [1.82, 2.24) is 15.6 Å². The van der Waals surface area contributed by atoms with E-state index in [0.717, 1.165) is 44.7 Å². The van der Waals surface area contributed by atoms with E-state index in [1.807, 2.05) is 24.4 Å². The predicted molar refractivity (Wildman–Crippen MR) is 74.0 cm³/mol. The Hall–Kier alpha value is -1.62. The highest BCUT2D eigenvalue weighted by Gasteiger charge is 2.28. The van der Waals surface area contributed by atoms with Gasteiger partial charge in [0.05, 0.1) is 6.04 Å². The number of anilines is 1. The van der Waals surface area contributed by atoms with Gasteiger partial charge >= 0.3 is 0 Å². The van der Waals surface area contributed by atoms with Gasteiger partial charge in [0.1, 0.15) is 5.82 Å². The molecular weight excluding hydrogens is 240 g/mol. The molecule has 2 atom stereocenters. The van der Waals surface area contributed by atoms with Gasteiger partial charge in [-0.05, 0) is 37.9 Å². The van der Waals surface area contributed by atoms with Crippen molar-refractivity contribution >= 4 is 11.7 Å². The number of carbonyl (C=O) groups is 1. The van der Waals surface area contributed by atoms with Gasteiger partial charge in [0.2, 0.25) is 5.91 Å². The quantitative estimate of drug-likeness (QED) is 0.832. The highest BCUT2D eigenvalue weighted by atomic mass is 16.2. The van der Waals surface area contributed by atoms with Crippen LogP contribution in [0.15, 0.2) is 24.4 Å². The van der Waals surface area contributed by atoms with E-state index >= 15 is 0 Å². The Bertz CT molecular complexity index is 430. The van der Waals surface area contributed by atoms with Gasteiger partial charge < -0.3 is 15.5 Å². The fourth-order valence-electron chi connectivity index (χ4n) is 2.84. The minimum absolute atomic E-state index is 0.0175. The number of carbonyl (C=O) groups excluding carboxylic acids is 1. The summed E-state index contributed by atoms with van der Waals surface area (Å²) in [5, 5.41) is 6.38. The minimum atomic E-state index is 0.0175. The molecule has 2 unspecified atom stereocenters. The fourth-order valence-corrected chi connectivity index (χ4v) is 2.84. The number of hydrogen-bond donors (Lipinski definition) is 2. The summed E-state index contributed by atoms with van der Waals surface area (Å²) >= 11 is 0. The molecule has 1 aromatic rings. The fraction of sp³-hybridized carbons (Fsp3) is 0.571. The van der Waals surface area contributed by atoms with E-state index in [1.54, 1.807) is 0 Å². The molecule has 0 aromatic carbocycles. The molecule has 102 valence electrons. The number of rotatable bonds is 3. The summed E-state index contributed by atoms with van der Waals surface area (Å²) < 4.78 is 0. The molecule has 2 aliphatic rings. The molecule has 2 fully saturated rings. The Morgan fingerprint density at radius 3 is 3.11 bits per heavy atom. The van der Waals surface area contributed by atoms with Crippen LogP contribution in [0.2, 0.25) is 0 Å². The van der Waals surface area contributed by atoms with Crippen LogP contribution in [-0.4, -0.2) is 42.6 Å². The predicted octanol–water partition coefficient (Wildman–Crippen LogP) is 0.528. The molecule has 0 aliphatic carbocycles. The van der Waals surface area contributed by atoms with E-state index in [1.165, 1.54) is 0 Å². The lowest BCUT2D eigenvalue weighted by atomic mass is 10.2. The molecule has 2 aliphatic heterocycles. The van der Waals surface area contributed by atoms with E-state index in [-0.39, 0.29) is 18.0 Å². The number of amides is 1. The maximum atomic E-state index is 12.0. The molecule has 0 bridgehead atoms. The zero-order chi connectivity index (χ0) is 13.1. The van der Waals surface area contributed by atoms with Crippen molar-refractivity contribution in [3.8, 4) is 0 Å². The first kappa shape index (κ1) is 12.4. The van der Waals surface area contributed by atoms with Crippen LogP contribution in [0.4, 0.5) is 5.82 Å². The summed E-state index contributed by atoms with van der Waals surface area (Å²) in [6.45, 7) is 2.78. The van der Waals surface area contributed by atoms with Crippen LogP contribution in [-0.2, 0) is 4.79 Å². The van der Waals surface area contributed by atoms with Gasteiger partial charge in [-0.15, -0.1) is 0 Å². The van der Waals surface area contributed by atoms with Crippen LogP contribution in [0.25, 0.3) is 0 Å². The van der Waals surface area contributed by atoms with Crippen LogP contribution < -0.4 is 15.5 Å². The van der Waals surface area contributed by atoms with Gasteiger partial charge in [0.15, 0.2) is 0 Å². The Kier molecular flexibility index (Phi) is 3.64. The third-order valence-electron chi connectivity index (χ3n) is 3.88. The Morgan fingerprint density at radius 1 is 1.42 bits per heavy atom. The SMILES string of the molecule is O=C(NC1CCN(c2ccccn2)C1)C1CCCN1. The minimum Gasteiger partial charge on any atom is -0.354 e. The molecule has 3 rings (SSSR count). The van der Waals surface area contributed by atoms with Crippen LogP contribution in [0.1, 0.15) is 19.3 Å². The highest BCUT2D eigenvalue weighted by molar-refractivity contribution is 5.82. The van der Waals surface area contributed by atoms with Crippen molar-refractivity contribution in [3.63, 3.8) is 0 Å². The lowest BCUT2D eigenvalue weighted by molar-refractivity contribution is -0.123. The first-order valence-electron chi connectivity index (χ1n) is 7.02. The first-order chi connectivity index (χ1) is 9.33. The summed E-state index contributed by atoms with van der Waals surface area (Å²) in [5.41, 5.74) is 0. The van der Waals surface area contributed by atoms with E-state index in [2.05, 4.69) is 20.5 Å². The molecule has 5 nitrogen and oxygen atoms in total. The maximum absolute atomic E-state index is 12.0. The van der Waals surface area contributed by atoms with Crippen molar-refractivity contribution in [1.29, 1.82) is 0 Å². The van der Waals surface area contributed by atoms with Crippen molar-refractivity contribution in [2.75, 3.05) is 24.5 Å². The molecule has 0 radical (unpaired) electrons. The molecule has 3 heterocycles. The Morgan fingerprint density at radius 2 is 2.37 bits per heavy atom. The second-order valence-corrected chi connectivity index (χ2v) is 5.28. The second kappa shape index (κ2) is 5.57. The lowest BCUT2D eigenvalue weighted by Crippen LogP contribution is -2.46. The molecule has 1 amide bonds. The van der Waals surface area contributed by atoms with Gasteiger partial charge in [0.25, 0.3) is 0 Å². The molecule has 2 N–H and O–H groups in total. The standard InChI is InChI=1S/C14H20N4O/c19-14(12-4-3-8-15-12)17-11-6-9-18(10-11)13-5-1-2-7-16-13/h1-2,5,7,11-12,15H,3-4,6,8-10H2,(H,17,19). The van der Waals surface area contributed by atoms with Crippen molar-refractivity contribution in [2.24, 2.45) is 0 Å². The van der Waals surface area contributed by atoms with Gasteiger partial charge in [-0.25, -0.2) is 4.98 Å². The third kappa shape index (κ3) is 2.87. The topological polar surface area (TPSA) is 57.3 Å². The number of pyridine rings is 1. The third-order valence-corrected chi connectivity index (χ3v) is 3.88. The molecule has 0 saturated carbocycles. The van der Waals surface area contributed by atoms with Crippen molar-refractivity contribution in [3.05, 3.63) is 24.4 Å². The molecule has 1 aromatic heterocycles.